The molecule has 2 aromatic heterocycles. The molecule has 1 atom stereocenters. The van der Waals surface area contributed by atoms with Gasteiger partial charge < -0.3 is 5.32 Å². The van der Waals surface area contributed by atoms with Crippen LogP contribution in [0.4, 0.5) is 0 Å². The molecule has 1 N–H and O–H groups in total. The Hall–Kier alpha value is -0.780. The highest BCUT2D eigenvalue weighted by Gasteiger charge is 2.17. The van der Waals surface area contributed by atoms with Crippen LogP contribution < -0.4 is 5.32 Å². The molecule has 2 rings (SSSR count). The summed E-state index contributed by atoms with van der Waals surface area (Å²) in [5, 5.41) is 6.58. The second-order valence-electron chi connectivity index (χ2n) is 4.06. The normalized spacial score (nSPS) is 12.9. The van der Waals surface area contributed by atoms with Crippen molar-refractivity contribution < 1.29 is 0 Å². The van der Waals surface area contributed by atoms with Gasteiger partial charge in [-0.15, -0.1) is 11.3 Å². The molecule has 0 fully saturated rings. The van der Waals surface area contributed by atoms with E-state index in [1.807, 2.05) is 17.8 Å². The van der Waals surface area contributed by atoms with Crippen molar-refractivity contribution in [2.24, 2.45) is 0 Å². The highest BCUT2D eigenvalue weighted by Crippen LogP contribution is 2.25. The third-order valence-corrected chi connectivity index (χ3v) is 3.53. The lowest BCUT2D eigenvalue weighted by atomic mass is 10.1. The summed E-state index contributed by atoms with van der Waals surface area (Å²) in [6.45, 7) is 4.26. The standard InChI is InChI=1S/C12H14BrN3S/c1-8(2)16-11(12-15-3-4-17-12)9-5-10(13)7-14-6-9/h3-8,11,16H,1-2H3. The van der Waals surface area contributed by atoms with Crippen LogP contribution in [0.3, 0.4) is 0 Å². The van der Waals surface area contributed by atoms with E-state index in [0.29, 0.717) is 6.04 Å². The van der Waals surface area contributed by atoms with Crippen LogP contribution in [0.25, 0.3) is 0 Å². The predicted molar refractivity (Wildman–Crippen MR) is 74.2 cm³/mol. The summed E-state index contributed by atoms with van der Waals surface area (Å²) < 4.78 is 0.988. The molecule has 0 saturated heterocycles. The van der Waals surface area contributed by atoms with Crippen LogP contribution in [-0.2, 0) is 0 Å². The van der Waals surface area contributed by atoms with Crippen LogP contribution in [0.5, 0.6) is 0 Å². The number of hydrogen-bond donors (Lipinski definition) is 1. The fraction of sp³-hybridized carbons (Fsp3) is 0.333. The van der Waals surface area contributed by atoms with E-state index < -0.39 is 0 Å². The van der Waals surface area contributed by atoms with Crippen LogP contribution >= 0.6 is 27.3 Å². The summed E-state index contributed by atoms with van der Waals surface area (Å²) in [7, 11) is 0. The molecule has 0 radical (unpaired) electrons. The van der Waals surface area contributed by atoms with E-state index in [1.54, 1.807) is 17.5 Å². The minimum atomic E-state index is 0.111. The highest BCUT2D eigenvalue weighted by atomic mass is 79.9. The van der Waals surface area contributed by atoms with E-state index >= 15 is 0 Å². The number of nitrogens with zero attached hydrogens (tertiary/aromatic N) is 2. The first kappa shape index (κ1) is 12.7. The molecule has 2 aromatic rings. The number of thiazole rings is 1. The average Bonchev–Trinajstić information content (AvgIpc) is 2.79. The van der Waals surface area contributed by atoms with Crippen molar-refractivity contribution in [3.8, 4) is 0 Å². The van der Waals surface area contributed by atoms with Gasteiger partial charge in [-0.2, -0.15) is 0 Å². The molecule has 17 heavy (non-hydrogen) atoms. The van der Waals surface area contributed by atoms with Gasteiger partial charge in [0.15, 0.2) is 0 Å². The Morgan fingerprint density at radius 2 is 2.18 bits per heavy atom. The maximum absolute atomic E-state index is 4.39. The Morgan fingerprint density at radius 3 is 2.76 bits per heavy atom. The molecule has 0 aliphatic rings. The number of hydrogen-bond acceptors (Lipinski definition) is 4. The Balaban J connectivity index is 2.33. The van der Waals surface area contributed by atoms with Crippen molar-refractivity contribution in [1.82, 2.24) is 15.3 Å². The molecule has 1 unspecified atom stereocenters. The lowest BCUT2D eigenvalue weighted by Gasteiger charge is -2.19. The smallest absolute Gasteiger partial charge is 0.114 e. The second-order valence-corrected chi connectivity index (χ2v) is 5.90. The first-order chi connectivity index (χ1) is 8.16. The van der Waals surface area contributed by atoms with Gasteiger partial charge >= 0.3 is 0 Å². The zero-order chi connectivity index (χ0) is 12.3. The fourth-order valence-electron chi connectivity index (χ4n) is 1.61. The van der Waals surface area contributed by atoms with Crippen LogP contribution in [0, 0.1) is 0 Å². The van der Waals surface area contributed by atoms with Crippen LogP contribution in [0.1, 0.15) is 30.5 Å². The lowest BCUT2D eigenvalue weighted by molar-refractivity contribution is 0.526. The molecule has 0 saturated carbocycles. The first-order valence-corrected chi connectivity index (χ1v) is 7.10. The molecule has 0 aliphatic heterocycles. The van der Waals surface area contributed by atoms with Gasteiger partial charge in [-0.1, -0.05) is 0 Å². The molecular formula is C12H14BrN3S. The van der Waals surface area contributed by atoms with Gasteiger partial charge in [0, 0.05) is 34.5 Å². The number of rotatable bonds is 4. The van der Waals surface area contributed by atoms with E-state index in [4.69, 9.17) is 0 Å². The summed E-state index contributed by atoms with van der Waals surface area (Å²) in [5.41, 5.74) is 1.13. The van der Waals surface area contributed by atoms with Gasteiger partial charge in [0.1, 0.15) is 5.01 Å². The molecule has 0 aromatic carbocycles. The maximum Gasteiger partial charge on any atom is 0.114 e. The van der Waals surface area contributed by atoms with Crippen molar-refractivity contribution in [3.05, 3.63) is 45.1 Å². The van der Waals surface area contributed by atoms with Gasteiger partial charge in [0.25, 0.3) is 0 Å². The topological polar surface area (TPSA) is 37.8 Å². The molecule has 2 heterocycles. The lowest BCUT2D eigenvalue weighted by Crippen LogP contribution is -2.29. The van der Waals surface area contributed by atoms with Gasteiger partial charge in [-0.25, -0.2) is 4.98 Å². The quantitative estimate of drug-likeness (QED) is 0.940. The van der Waals surface area contributed by atoms with Crippen molar-refractivity contribution in [3.63, 3.8) is 0 Å². The first-order valence-electron chi connectivity index (χ1n) is 5.42. The molecule has 0 bridgehead atoms. The Kier molecular flexibility index (Phi) is 4.25. The zero-order valence-electron chi connectivity index (χ0n) is 9.72. The van der Waals surface area contributed by atoms with Crippen molar-refractivity contribution in [2.75, 3.05) is 0 Å². The average molecular weight is 312 g/mol. The van der Waals surface area contributed by atoms with Crippen LogP contribution in [0.2, 0.25) is 0 Å². The van der Waals surface area contributed by atoms with E-state index in [9.17, 15) is 0 Å². The molecule has 90 valence electrons. The third kappa shape index (κ3) is 3.34. The Labute approximate surface area is 113 Å². The SMILES string of the molecule is CC(C)NC(c1cncc(Br)c1)c1nccs1. The van der Waals surface area contributed by atoms with E-state index in [-0.39, 0.29) is 6.04 Å². The fourth-order valence-corrected chi connectivity index (χ4v) is 2.71. The van der Waals surface area contributed by atoms with Gasteiger partial charge in [0.2, 0.25) is 0 Å². The third-order valence-electron chi connectivity index (χ3n) is 2.26. The van der Waals surface area contributed by atoms with Crippen LogP contribution in [-0.4, -0.2) is 16.0 Å². The second kappa shape index (κ2) is 5.71. The Morgan fingerprint density at radius 1 is 1.35 bits per heavy atom. The molecule has 0 amide bonds. The van der Waals surface area contributed by atoms with E-state index in [0.717, 1.165) is 15.0 Å². The van der Waals surface area contributed by atoms with Crippen molar-refractivity contribution >= 4 is 27.3 Å². The predicted octanol–water partition coefficient (Wildman–Crippen LogP) is 3.39. The van der Waals surface area contributed by atoms with Crippen LogP contribution in [0.15, 0.2) is 34.5 Å². The number of nitrogens with one attached hydrogen (secondary N) is 1. The minimum Gasteiger partial charge on any atom is -0.302 e. The minimum absolute atomic E-state index is 0.111. The van der Waals surface area contributed by atoms with E-state index in [1.165, 1.54) is 0 Å². The zero-order valence-corrected chi connectivity index (χ0v) is 12.1. The largest absolute Gasteiger partial charge is 0.302 e. The molecule has 5 heteroatoms. The summed E-state index contributed by atoms with van der Waals surface area (Å²) >= 11 is 5.11. The number of halogens is 1. The Bertz CT molecular complexity index is 470. The van der Waals surface area contributed by atoms with Gasteiger partial charge in [-0.3, -0.25) is 4.98 Å². The molecule has 3 nitrogen and oxygen atoms in total. The number of pyridine rings is 1. The monoisotopic (exact) mass is 311 g/mol. The summed E-state index contributed by atoms with van der Waals surface area (Å²) in [4.78, 5) is 8.60. The highest BCUT2D eigenvalue weighted by molar-refractivity contribution is 9.10. The van der Waals surface area contributed by atoms with E-state index in [2.05, 4.69) is 51.1 Å². The van der Waals surface area contributed by atoms with Crippen molar-refractivity contribution in [2.45, 2.75) is 25.9 Å². The van der Waals surface area contributed by atoms with Crippen molar-refractivity contribution in [1.29, 1.82) is 0 Å². The van der Waals surface area contributed by atoms with Gasteiger partial charge in [-0.05, 0) is 41.4 Å². The molecular weight excluding hydrogens is 298 g/mol. The summed E-state index contributed by atoms with van der Waals surface area (Å²) in [5.74, 6) is 0. The molecule has 0 aliphatic carbocycles. The summed E-state index contributed by atoms with van der Waals surface area (Å²) in [6.07, 6.45) is 5.50. The molecule has 0 spiro atoms. The maximum atomic E-state index is 4.39. The van der Waals surface area contributed by atoms with Gasteiger partial charge in [0.05, 0.1) is 6.04 Å². The summed E-state index contributed by atoms with van der Waals surface area (Å²) in [6, 6.07) is 2.58. The number of aromatic nitrogens is 2.